The first-order valence-corrected chi connectivity index (χ1v) is 6.38. The molecule has 0 aliphatic carbocycles. The van der Waals surface area contributed by atoms with Gasteiger partial charge in [0.05, 0.1) is 5.56 Å². The molecule has 0 aromatic heterocycles. The number of rotatable bonds is 6. The molecule has 0 aliphatic rings. The highest BCUT2D eigenvalue weighted by Gasteiger charge is 2.29. The van der Waals surface area contributed by atoms with Gasteiger partial charge in [0.25, 0.3) is 0 Å². The lowest BCUT2D eigenvalue weighted by Crippen LogP contribution is -2.03. The second kappa shape index (κ2) is 7.24. The summed E-state index contributed by atoms with van der Waals surface area (Å²) in [5.41, 5.74) is 0.223. The van der Waals surface area contributed by atoms with Crippen LogP contribution in [0.4, 0.5) is 13.2 Å². The minimum Gasteiger partial charge on any atom is -0.166 e. The normalized spacial score (nSPS) is 12.2. The van der Waals surface area contributed by atoms with Crippen molar-refractivity contribution in [3.63, 3.8) is 0 Å². The minimum absolute atomic E-state index is 0.595. The fourth-order valence-corrected chi connectivity index (χ4v) is 1.69. The molecule has 0 N–H and O–H groups in total. The summed E-state index contributed by atoms with van der Waals surface area (Å²) >= 11 is 0. The average Bonchev–Trinajstić information content (AvgIpc) is 2.33. The van der Waals surface area contributed by atoms with E-state index in [1.165, 1.54) is 31.4 Å². The highest BCUT2D eigenvalue weighted by Crippen LogP contribution is 2.29. The Hall–Kier alpha value is -1.25. The van der Waals surface area contributed by atoms with Crippen LogP contribution >= 0.6 is 0 Å². The van der Waals surface area contributed by atoms with E-state index in [-0.39, 0.29) is 0 Å². The van der Waals surface area contributed by atoms with Crippen molar-refractivity contribution in [3.05, 3.63) is 41.5 Å². The van der Waals surface area contributed by atoms with Gasteiger partial charge < -0.3 is 0 Å². The molecule has 0 unspecified atom stereocenters. The maximum absolute atomic E-state index is 12.3. The van der Waals surface area contributed by atoms with Gasteiger partial charge in [-0.15, -0.1) is 0 Å². The number of hydrogen-bond donors (Lipinski definition) is 0. The van der Waals surface area contributed by atoms with Crippen molar-refractivity contribution in [2.75, 3.05) is 0 Å². The molecule has 1 rings (SSSR count). The van der Waals surface area contributed by atoms with Crippen LogP contribution in [0.5, 0.6) is 0 Å². The van der Waals surface area contributed by atoms with Gasteiger partial charge in [-0.3, -0.25) is 0 Å². The van der Waals surface area contributed by atoms with E-state index < -0.39 is 11.7 Å². The molecule has 0 aliphatic heterocycles. The van der Waals surface area contributed by atoms with Crippen molar-refractivity contribution < 1.29 is 13.2 Å². The van der Waals surface area contributed by atoms with E-state index in [0.29, 0.717) is 0 Å². The van der Waals surface area contributed by atoms with Gasteiger partial charge in [0, 0.05) is 0 Å². The second-order valence-corrected chi connectivity index (χ2v) is 4.37. The first kappa shape index (κ1) is 14.8. The molecule has 0 fully saturated rings. The zero-order chi connectivity index (χ0) is 13.4. The maximum atomic E-state index is 12.3. The third kappa shape index (κ3) is 5.39. The van der Waals surface area contributed by atoms with E-state index in [2.05, 4.69) is 6.92 Å². The summed E-state index contributed by atoms with van der Waals surface area (Å²) in [6.45, 7) is 2.16. The molecule has 0 radical (unpaired) electrons. The van der Waals surface area contributed by atoms with Crippen LogP contribution in [0.1, 0.15) is 50.2 Å². The maximum Gasteiger partial charge on any atom is 0.416 e. The summed E-state index contributed by atoms with van der Waals surface area (Å²) in [7, 11) is 0. The first-order valence-electron chi connectivity index (χ1n) is 6.38. The number of hydrogen-bond acceptors (Lipinski definition) is 0. The van der Waals surface area contributed by atoms with Gasteiger partial charge in [-0.1, -0.05) is 50.5 Å². The Kier molecular flexibility index (Phi) is 5.96. The molecule has 0 bridgehead atoms. The summed E-state index contributed by atoms with van der Waals surface area (Å²) in [6.07, 6.45) is 5.46. The number of alkyl halides is 3. The summed E-state index contributed by atoms with van der Waals surface area (Å²) in [5.74, 6) is 0. The Balaban J connectivity index is 2.41. The van der Waals surface area contributed by atoms with Gasteiger partial charge in [0.2, 0.25) is 0 Å². The average molecular weight is 256 g/mol. The third-order valence-electron chi connectivity index (χ3n) is 2.77. The summed E-state index contributed by atoms with van der Waals surface area (Å²) in [6, 6.07) is 5.25. The second-order valence-electron chi connectivity index (χ2n) is 4.37. The standard InChI is InChI=1S/C15H19F3/c1-2-3-4-5-6-7-8-13-9-11-14(12-10-13)15(16,17)18/h7-12H,2-6H2,1H3/b8-7-. The molecule has 100 valence electrons. The smallest absolute Gasteiger partial charge is 0.166 e. The van der Waals surface area contributed by atoms with Crippen molar-refractivity contribution in [2.45, 2.75) is 45.2 Å². The number of allylic oxidation sites excluding steroid dienone is 1. The molecule has 0 amide bonds. The van der Waals surface area contributed by atoms with E-state index >= 15 is 0 Å². The van der Waals surface area contributed by atoms with Gasteiger partial charge >= 0.3 is 6.18 Å². The molecule has 1 aromatic rings. The van der Waals surface area contributed by atoms with E-state index in [1.807, 2.05) is 12.2 Å². The van der Waals surface area contributed by atoms with Crippen molar-refractivity contribution in [1.29, 1.82) is 0 Å². The molecule has 0 saturated heterocycles. The highest BCUT2D eigenvalue weighted by molar-refractivity contribution is 5.49. The summed E-state index contributed by atoms with van der Waals surface area (Å²) < 4.78 is 37.0. The Morgan fingerprint density at radius 1 is 1.00 bits per heavy atom. The Morgan fingerprint density at radius 3 is 2.22 bits per heavy atom. The zero-order valence-corrected chi connectivity index (χ0v) is 10.6. The fourth-order valence-electron chi connectivity index (χ4n) is 1.69. The first-order chi connectivity index (χ1) is 8.54. The monoisotopic (exact) mass is 256 g/mol. The Bertz CT molecular complexity index is 360. The Labute approximate surface area is 107 Å². The predicted molar refractivity (Wildman–Crippen MR) is 69.2 cm³/mol. The van der Waals surface area contributed by atoms with Crippen molar-refractivity contribution in [1.82, 2.24) is 0 Å². The molecule has 18 heavy (non-hydrogen) atoms. The molecule has 0 atom stereocenters. The fraction of sp³-hybridized carbons (Fsp3) is 0.467. The van der Waals surface area contributed by atoms with Crippen molar-refractivity contribution in [3.8, 4) is 0 Å². The van der Waals surface area contributed by atoms with Crippen LogP contribution in [0.15, 0.2) is 30.3 Å². The van der Waals surface area contributed by atoms with E-state index in [4.69, 9.17) is 0 Å². The lowest BCUT2D eigenvalue weighted by Gasteiger charge is -2.05. The van der Waals surface area contributed by atoms with Crippen LogP contribution in [-0.4, -0.2) is 0 Å². The molecular weight excluding hydrogens is 237 g/mol. The van der Waals surface area contributed by atoms with E-state index in [9.17, 15) is 13.2 Å². The number of unbranched alkanes of at least 4 members (excludes halogenated alkanes) is 4. The molecule has 1 aromatic carbocycles. The van der Waals surface area contributed by atoms with Gasteiger partial charge in [-0.25, -0.2) is 0 Å². The van der Waals surface area contributed by atoms with Crippen molar-refractivity contribution in [2.24, 2.45) is 0 Å². The molecular formula is C15H19F3. The third-order valence-corrected chi connectivity index (χ3v) is 2.77. The largest absolute Gasteiger partial charge is 0.416 e. The van der Waals surface area contributed by atoms with Crippen LogP contribution in [0.2, 0.25) is 0 Å². The molecule has 0 nitrogen and oxygen atoms in total. The molecule has 0 saturated carbocycles. The Morgan fingerprint density at radius 2 is 1.67 bits per heavy atom. The molecule has 0 heterocycles. The topological polar surface area (TPSA) is 0 Å². The van der Waals surface area contributed by atoms with Gasteiger partial charge in [0.15, 0.2) is 0 Å². The van der Waals surface area contributed by atoms with Gasteiger partial charge in [-0.2, -0.15) is 13.2 Å². The number of benzene rings is 1. The quantitative estimate of drug-likeness (QED) is 0.573. The minimum atomic E-state index is -4.25. The molecule has 3 heteroatoms. The van der Waals surface area contributed by atoms with Crippen LogP contribution in [0, 0.1) is 0 Å². The summed E-state index contributed by atoms with van der Waals surface area (Å²) in [4.78, 5) is 0. The van der Waals surface area contributed by atoms with E-state index in [0.717, 1.165) is 30.5 Å². The zero-order valence-electron chi connectivity index (χ0n) is 10.6. The summed E-state index contributed by atoms with van der Waals surface area (Å²) in [5, 5.41) is 0. The van der Waals surface area contributed by atoms with Gasteiger partial charge in [0.1, 0.15) is 0 Å². The van der Waals surface area contributed by atoms with Crippen LogP contribution in [0.25, 0.3) is 6.08 Å². The van der Waals surface area contributed by atoms with Gasteiger partial charge in [-0.05, 0) is 30.5 Å². The van der Waals surface area contributed by atoms with E-state index in [1.54, 1.807) is 0 Å². The van der Waals surface area contributed by atoms with Crippen LogP contribution in [0.3, 0.4) is 0 Å². The molecule has 0 spiro atoms. The van der Waals surface area contributed by atoms with Crippen LogP contribution < -0.4 is 0 Å². The number of halogens is 3. The van der Waals surface area contributed by atoms with Crippen LogP contribution in [-0.2, 0) is 6.18 Å². The SMILES string of the molecule is CCCCCC/C=C\c1ccc(C(F)(F)F)cc1. The predicted octanol–water partition coefficient (Wildman–Crippen LogP) is 5.69. The highest BCUT2D eigenvalue weighted by atomic mass is 19.4. The lowest BCUT2D eigenvalue weighted by molar-refractivity contribution is -0.137. The van der Waals surface area contributed by atoms with Crippen molar-refractivity contribution >= 4 is 6.08 Å². The lowest BCUT2D eigenvalue weighted by atomic mass is 10.1.